The van der Waals surface area contributed by atoms with Crippen LogP contribution in [0, 0.1) is 0 Å². The molecule has 0 bridgehead atoms. The summed E-state index contributed by atoms with van der Waals surface area (Å²) in [6.07, 6.45) is 5.59. The number of guanidine groups is 1. The predicted octanol–water partition coefficient (Wildman–Crippen LogP) is -1.00. The number of aliphatic carboxylic acids is 2. The van der Waals surface area contributed by atoms with E-state index in [4.69, 9.17) is 27.4 Å². The van der Waals surface area contributed by atoms with Crippen LogP contribution in [0.5, 0.6) is 5.88 Å². The van der Waals surface area contributed by atoms with Crippen LogP contribution in [-0.4, -0.2) is 67.6 Å². The van der Waals surface area contributed by atoms with Crippen LogP contribution in [0.2, 0.25) is 0 Å². The van der Waals surface area contributed by atoms with Crippen LogP contribution < -0.4 is 28.1 Å². The van der Waals surface area contributed by atoms with Crippen LogP contribution in [0.25, 0.3) is 4.96 Å². The minimum atomic E-state index is -1.24. The molecule has 3 rings (SSSR count). The Morgan fingerprint density at radius 1 is 1.17 bits per heavy atom. The summed E-state index contributed by atoms with van der Waals surface area (Å²) < 4.78 is 1.38. The maximum absolute atomic E-state index is 12.6. The number of nitrogens with zero attached hydrogens (tertiary/aromatic N) is 3. The molecular weight excluding hydrogens is 482 g/mol. The summed E-state index contributed by atoms with van der Waals surface area (Å²) in [6, 6.07) is -0.820. The van der Waals surface area contributed by atoms with E-state index >= 15 is 0 Å². The van der Waals surface area contributed by atoms with Gasteiger partial charge in [0.1, 0.15) is 12.6 Å². The number of nitrogens with one attached hydrogen (secondary N) is 1. The summed E-state index contributed by atoms with van der Waals surface area (Å²) in [7, 11) is 0. The lowest BCUT2D eigenvalue weighted by Gasteiger charge is -2.06. The van der Waals surface area contributed by atoms with Crippen molar-refractivity contribution in [1.82, 2.24) is 14.7 Å². The fraction of sp³-hybridized carbons (Fsp3) is 0.500. The molecule has 2 heterocycles. The standard InChI is InChI=1S/C14H15N3O5S.C6H14N4O2/c18-9(19)6-15-11(20)10-12(21)16-14-17(13(10)22)7-4-2-1-3-5-8(7)23-14;7-4(5(11)12)2-1-3-10-6(8)9/h21H,1-6H2,(H,15,20)(H,18,19);4H,1-3,7H2,(H,11,12)(H4,8,9,10). The van der Waals surface area contributed by atoms with Gasteiger partial charge in [-0.15, -0.1) is 11.3 Å². The highest BCUT2D eigenvalue weighted by Gasteiger charge is 2.24. The zero-order valence-electron chi connectivity index (χ0n) is 18.9. The quantitative estimate of drug-likeness (QED) is 0.0979. The third kappa shape index (κ3) is 7.65. The van der Waals surface area contributed by atoms with Gasteiger partial charge in [0.25, 0.3) is 11.5 Å². The van der Waals surface area contributed by atoms with E-state index in [1.807, 2.05) is 0 Å². The molecule has 0 aromatic carbocycles. The monoisotopic (exact) mass is 511 g/mol. The number of nitrogens with two attached hydrogens (primary N) is 3. The molecule has 1 aliphatic rings. The van der Waals surface area contributed by atoms with E-state index in [2.05, 4.69) is 15.3 Å². The molecule has 0 saturated carbocycles. The van der Waals surface area contributed by atoms with Crippen LogP contribution in [0.4, 0.5) is 0 Å². The first-order valence-electron chi connectivity index (χ1n) is 10.8. The van der Waals surface area contributed by atoms with Gasteiger partial charge in [-0.3, -0.25) is 28.6 Å². The number of aromatic nitrogens is 2. The second kappa shape index (κ2) is 12.7. The summed E-state index contributed by atoms with van der Waals surface area (Å²) in [5, 5.41) is 29.0. The molecule has 0 fully saturated rings. The number of carbonyl (C=O) groups is 3. The molecule has 1 aliphatic carbocycles. The van der Waals surface area contributed by atoms with Crippen molar-refractivity contribution in [3.63, 3.8) is 0 Å². The molecule has 0 saturated heterocycles. The molecule has 1 amide bonds. The molecule has 2 aromatic heterocycles. The Hall–Kier alpha value is -3.72. The number of fused-ring (bicyclic) bond motifs is 3. The van der Waals surface area contributed by atoms with Gasteiger partial charge in [-0.2, -0.15) is 4.98 Å². The van der Waals surface area contributed by atoms with E-state index in [0.29, 0.717) is 24.3 Å². The lowest BCUT2D eigenvalue weighted by atomic mass is 10.2. The number of aryl methyl sites for hydroxylation is 2. The highest BCUT2D eigenvalue weighted by molar-refractivity contribution is 7.17. The van der Waals surface area contributed by atoms with Crippen molar-refractivity contribution in [2.24, 2.45) is 22.2 Å². The van der Waals surface area contributed by atoms with Gasteiger partial charge in [-0.1, -0.05) is 6.42 Å². The molecule has 15 heteroatoms. The molecule has 35 heavy (non-hydrogen) atoms. The number of aromatic hydroxyl groups is 1. The fourth-order valence-electron chi connectivity index (χ4n) is 3.38. The average molecular weight is 512 g/mol. The van der Waals surface area contributed by atoms with Crippen molar-refractivity contribution in [2.75, 3.05) is 13.1 Å². The van der Waals surface area contributed by atoms with E-state index in [-0.39, 0.29) is 5.96 Å². The Morgan fingerprint density at radius 2 is 1.86 bits per heavy atom. The lowest BCUT2D eigenvalue weighted by Crippen LogP contribution is -2.35. The second-order valence-electron chi connectivity index (χ2n) is 7.74. The van der Waals surface area contributed by atoms with Crippen LogP contribution in [0.15, 0.2) is 9.79 Å². The number of amides is 1. The van der Waals surface area contributed by atoms with Gasteiger partial charge in [-0.25, -0.2) is 0 Å². The highest BCUT2D eigenvalue weighted by atomic mass is 32.1. The smallest absolute Gasteiger partial charge is 0.322 e. The van der Waals surface area contributed by atoms with E-state index < -0.39 is 47.4 Å². The summed E-state index contributed by atoms with van der Waals surface area (Å²) in [6.45, 7) is -0.217. The van der Waals surface area contributed by atoms with Gasteiger partial charge in [-0.05, 0) is 38.5 Å². The maximum atomic E-state index is 12.6. The molecule has 0 radical (unpaired) electrons. The molecule has 10 N–H and O–H groups in total. The first-order chi connectivity index (χ1) is 16.5. The van der Waals surface area contributed by atoms with Gasteiger partial charge in [0.2, 0.25) is 5.88 Å². The molecule has 2 aromatic rings. The van der Waals surface area contributed by atoms with Gasteiger partial charge >= 0.3 is 11.9 Å². The SMILES string of the molecule is NC(N)=NCCCC(N)C(=O)O.O=C(O)CNC(=O)c1c(O)nc2sc3c(n2c1=O)CCCCC3. The zero-order chi connectivity index (χ0) is 26.1. The van der Waals surface area contributed by atoms with E-state index in [1.54, 1.807) is 0 Å². The number of rotatable bonds is 8. The van der Waals surface area contributed by atoms with E-state index in [1.165, 1.54) is 15.7 Å². The van der Waals surface area contributed by atoms with E-state index in [9.17, 15) is 24.3 Å². The molecule has 1 unspecified atom stereocenters. The fourth-order valence-corrected chi connectivity index (χ4v) is 4.57. The first-order valence-corrected chi connectivity index (χ1v) is 11.6. The van der Waals surface area contributed by atoms with Gasteiger partial charge < -0.3 is 37.8 Å². The Labute approximate surface area is 203 Å². The Balaban J connectivity index is 0.000000307. The summed E-state index contributed by atoms with van der Waals surface area (Å²) >= 11 is 1.35. The molecule has 0 spiro atoms. The average Bonchev–Trinajstić information content (AvgIpc) is 2.96. The molecule has 14 nitrogen and oxygen atoms in total. The Morgan fingerprint density at radius 3 is 2.49 bits per heavy atom. The summed E-state index contributed by atoms with van der Waals surface area (Å²) in [4.78, 5) is 54.4. The number of thiazole rings is 1. The van der Waals surface area contributed by atoms with Crippen molar-refractivity contribution < 1.29 is 29.7 Å². The van der Waals surface area contributed by atoms with Gasteiger partial charge in [0.05, 0.1) is 0 Å². The lowest BCUT2D eigenvalue weighted by molar-refractivity contribution is -0.139. The Bertz CT molecular complexity index is 1170. The third-order valence-electron chi connectivity index (χ3n) is 5.07. The molecule has 1 atom stereocenters. The second-order valence-corrected chi connectivity index (χ2v) is 8.80. The number of carbonyl (C=O) groups excluding carboxylic acids is 1. The highest BCUT2D eigenvalue weighted by Crippen LogP contribution is 2.28. The zero-order valence-corrected chi connectivity index (χ0v) is 19.7. The predicted molar refractivity (Wildman–Crippen MR) is 128 cm³/mol. The topological polar surface area (TPSA) is 249 Å². The van der Waals surface area contributed by atoms with Crippen LogP contribution in [0.1, 0.15) is 53.0 Å². The van der Waals surface area contributed by atoms with Crippen LogP contribution in [0.3, 0.4) is 0 Å². The molecular formula is C20H29N7O7S. The van der Waals surface area contributed by atoms with Crippen LogP contribution in [-0.2, 0) is 22.4 Å². The van der Waals surface area contributed by atoms with Gasteiger partial charge in [0, 0.05) is 17.1 Å². The molecule has 192 valence electrons. The number of hydrogen-bond donors (Lipinski definition) is 7. The van der Waals surface area contributed by atoms with Crippen molar-refractivity contribution >= 4 is 40.1 Å². The number of aliphatic imine (C=N–C) groups is 1. The van der Waals surface area contributed by atoms with Crippen molar-refractivity contribution in [3.8, 4) is 5.88 Å². The minimum absolute atomic E-state index is 0.0129. The van der Waals surface area contributed by atoms with Gasteiger partial charge in [0.15, 0.2) is 16.5 Å². The number of carboxylic acid groups (broad SMARTS) is 2. The van der Waals surface area contributed by atoms with Crippen LogP contribution >= 0.6 is 11.3 Å². The summed E-state index contributed by atoms with van der Waals surface area (Å²) in [5.74, 6) is -3.84. The molecule has 0 aliphatic heterocycles. The van der Waals surface area contributed by atoms with Crippen molar-refractivity contribution in [3.05, 3.63) is 26.5 Å². The minimum Gasteiger partial charge on any atom is -0.492 e. The van der Waals surface area contributed by atoms with E-state index in [0.717, 1.165) is 42.7 Å². The first kappa shape index (κ1) is 27.5. The Kier molecular flexibility index (Phi) is 9.96. The number of hydrogen-bond acceptors (Lipinski definition) is 9. The normalized spacial score (nSPS) is 13.5. The van der Waals surface area contributed by atoms with Crippen molar-refractivity contribution in [2.45, 2.75) is 51.0 Å². The maximum Gasteiger partial charge on any atom is 0.322 e. The van der Waals surface area contributed by atoms with Crippen molar-refractivity contribution in [1.29, 1.82) is 0 Å². The third-order valence-corrected chi connectivity index (χ3v) is 6.21. The summed E-state index contributed by atoms with van der Waals surface area (Å²) in [5.41, 5.74) is 15.0. The number of carboxylic acids is 2. The largest absolute Gasteiger partial charge is 0.492 e.